The normalized spacial score (nSPS) is 12.3. The maximum absolute atomic E-state index is 12.6. The molecule has 0 N–H and O–H groups in total. The Morgan fingerprint density at radius 3 is 2.89 bits per heavy atom. The molecule has 4 rings (SSSR count). The second kappa shape index (κ2) is 7.10. The number of aryl methyl sites for hydroxylation is 2. The Morgan fingerprint density at radius 1 is 1.33 bits per heavy atom. The van der Waals surface area contributed by atoms with Crippen LogP contribution in [0, 0.1) is 25.2 Å². The summed E-state index contributed by atoms with van der Waals surface area (Å²) >= 11 is 2.64. The van der Waals surface area contributed by atoms with Gasteiger partial charge in [0.05, 0.1) is 17.3 Å². The standard InChI is InChI=1S/C19H15N5OS2/c1-11-7-17-22-23-19(24(17)15-6-4-3-5-13(11)15)27-10-16(25)14(8-20)18-21-12(2)9-26-18/h3-7,9,14H,10H2,1-2H3/t14-/m1/s1. The molecule has 0 spiro atoms. The van der Waals surface area contributed by atoms with E-state index in [1.165, 1.54) is 23.1 Å². The molecule has 0 aliphatic rings. The molecule has 0 bridgehead atoms. The van der Waals surface area contributed by atoms with Crippen LogP contribution >= 0.6 is 23.1 Å². The molecule has 1 aromatic carbocycles. The van der Waals surface area contributed by atoms with Crippen LogP contribution in [0.15, 0.2) is 40.9 Å². The molecule has 6 nitrogen and oxygen atoms in total. The highest BCUT2D eigenvalue weighted by Crippen LogP contribution is 2.27. The highest BCUT2D eigenvalue weighted by Gasteiger charge is 2.24. The molecule has 1 atom stereocenters. The van der Waals surface area contributed by atoms with Crippen LogP contribution in [0.3, 0.4) is 0 Å². The lowest BCUT2D eigenvalue weighted by Crippen LogP contribution is -2.13. The van der Waals surface area contributed by atoms with E-state index in [4.69, 9.17) is 0 Å². The summed E-state index contributed by atoms with van der Waals surface area (Å²) in [7, 11) is 0. The first-order valence-corrected chi connectivity index (χ1v) is 10.2. The quantitative estimate of drug-likeness (QED) is 0.478. The van der Waals surface area contributed by atoms with Crippen molar-refractivity contribution in [2.24, 2.45) is 0 Å². The van der Waals surface area contributed by atoms with Crippen LogP contribution in [-0.2, 0) is 4.79 Å². The Morgan fingerprint density at radius 2 is 2.15 bits per heavy atom. The van der Waals surface area contributed by atoms with E-state index in [1.54, 1.807) is 0 Å². The van der Waals surface area contributed by atoms with Crippen molar-refractivity contribution >= 4 is 45.4 Å². The van der Waals surface area contributed by atoms with Crippen molar-refractivity contribution in [1.29, 1.82) is 5.26 Å². The van der Waals surface area contributed by atoms with Gasteiger partial charge in [-0.05, 0) is 31.5 Å². The number of ketones is 1. The third-order valence-corrected chi connectivity index (χ3v) is 6.23. The molecular weight excluding hydrogens is 378 g/mol. The lowest BCUT2D eigenvalue weighted by atomic mass is 10.1. The topological polar surface area (TPSA) is 83.9 Å². The van der Waals surface area contributed by atoms with E-state index in [0.717, 1.165) is 27.8 Å². The van der Waals surface area contributed by atoms with E-state index >= 15 is 0 Å². The predicted molar refractivity (Wildman–Crippen MR) is 106 cm³/mol. The number of benzene rings is 1. The smallest absolute Gasteiger partial charge is 0.196 e. The number of thioether (sulfide) groups is 1. The summed E-state index contributed by atoms with van der Waals surface area (Å²) in [6.07, 6.45) is 0. The number of carbonyl (C=O) groups excluding carboxylic acids is 1. The zero-order chi connectivity index (χ0) is 19.0. The Kier molecular flexibility index (Phi) is 4.64. The van der Waals surface area contributed by atoms with Crippen molar-refractivity contribution in [1.82, 2.24) is 19.6 Å². The largest absolute Gasteiger partial charge is 0.297 e. The molecule has 0 fully saturated rings. The molecule has 134 valence electrons. The summed E-state index contributed by atoms with van der Waals surface area (Å²) < 4.78 is 1.95. The lowest BCUT2D eigenvalue weighted by Gasteiger charge is -2.08. The molecule has 0 aliphatic carbocycles. The van der Waals surface area contributed by atoms with Crippen molar-refractivity contribution in [3.8, 4) is 6.07 Å². The van der Waals surface area contributed by atoms with Crippen molar-refractivity contribution in [3.05, 3.63) is 52.0 Å². The molecule has 0 saturated carbocycles. The fourth-order valence-corrected chi connectivity index (χ4v) is 4.68. The summed E-state index contributed by atoms with van der Waals surface area (Å²) in [6.45, 7) is 3.89. The van der Waals surface area contributed by atoms with Crippen LogP contribution in [0.2, 0.25) is 0 Å². The minimum atomic E-state index is -0.839. The number of nitrogens with zero attached hydrogens (tertiary/aromatic N) is 5. The zero-order valence-electron chi connectivity index (χ0n) is 14.7. The molecule has 0 amide bonds. The maximum Gasteiger partial charge on any atom is 0.196 e. The average Bonchev–Trinajstić information content (AvgIpc) is 3.27. The van der Waals surface area contributed by atoms with Crippen LogP contribution in [0.1, 0.15) is 22.2 Å². The minimum absolute atomic E-state index is 0.139. The fraction of sp³-hybridized carbons (Fsp3) is 0.211. The molecule has 3 heterocycles. The van der Waals surface area contributed by atoms with Gasteiger partial charge < -0.3 is 0 Å². The number of Topliss-reactive ketones (excluding diaryl/α,β-unsaturated/α-hetero) is 1. The SMILES string of the molecule is Cc1csc([C@H](C#N)C(=O)CSc2nnc3cc(C)c4ccccc4n23)n1. The van der Waals surface area contributed by atoms with Gasteiger partial charge in [0.15, 0.2) is 22.5 Å². The molecule has 0 saturated heterocycles. The number of para-hydroxylation sites is 1. The Balaban J connectivity index is 1.63. The van der Waals surface area contributed by atoms with Gasteiger partial charge in [-0.15, -0.1) is 21.5 Å². The molecule has 3 aromatic heterocycles. The number of hydrogen-bond donors (Lipinski definition) is 0. The van der Waals surface area contributed by atoms with Gasteiger partial charge in [0.1, 0.15) is 5.01 Å². The number of pyridine rings is 1. The minimum Gasteiger partial charge on any atom is -0.297 e. The Bertz CT molecular complexity index is 1200. The number of hydrogen-bond acceptors (Lipinski definition) is 7. The Labute approximate surface area is 163 Å². The van der Waals surface area contributed by atoms with Crippen LogP contribution in [0.4, 0.5) is 0 Å². The summed E-state index contributed by atoms with van der Waals surface area (Å²) in [5.74, 6) is -0.876. The fourth-order valence-electron chi connectivity index (χ4n) is 2.96. The predicted octanol–water partition coefficient (Wildman–Crippen LogP) is 3.92. The number of nitriles is 1. The van der Waals surface area contributed by atoms with Crippen LogP contribution < -0.4 is 0 Å². The van der Waals surface area contributed by atoms with E-state index < -0.39 is 5.92 Å². The van der Waals surface area contributed by atoms with Gasteiger partial charge in [-0.2, -0.15) is 5.26 Å². The van der Waals surface area contributed by atoms with Crippen molar-refractivity contribution in [2.45, 2.75) is 24.9 Å². The summed E-state index contributed by atoms with van der Waals surface area (Å²) in [6, 6.07) is 12.1. The van der Waals surface area contributed by atoms with Gasteiger partial charge in [-0.3, -0.25) is 9.20 Å². The van der Waals surface area contributed by atoms with Crippen LogP contribution in [0.25, 0.3) is 16.6 Å². The second-order valence-electron chi connectivity index (χ2n) is 6.16. The summed E-state index contributed by atoms with van der Waals surface area (Å²) in [5, 5.41) is 22.1. The van der Waals surface area contributed by atoms with E-state index in [1.807, 2.05) is 47.9 Å². The van der Waals surface area contributed by atoms with Crippen molar-refractivity contribution in [2.75, 3.05) is 5.75 Å². The van der Waals surface area contributed by atoms with E-state index in [-0.39, 0.29) is 11.5 Å². The van der Waals surface area contributed by atoms with E-state index in [0.29, 0.717) is 10.2 Å². The van der Waals surface area contributed by atoms with Crippen molar-refractivity contribution in [3.63, 3.8) is 0 Å². The average molecular weight is 393 g/mol. The van der Waals surface area contributed by atoms with Gasteiger partial charge in [0, 0.05) is 16.5 Å². The third-order valence-electron chi connectivity index (χ3n) is 4.25. The molecule has 0 radical (unpaired) electrons. The van der Waals surface area contributed by atoms with Gasteiger partial charge in [0.25, 0.3) is 0 Å². The molecule has 0 aliphatic heterocycles. The third kappa shape index (κ3) is 3.20. The summed E-state index contributed by atoms with van der Waals surface area (Å²) in [4.78, 5) is 16.9. The zero-order valence-corrected chi connectivity index (χ0v) is 16.3. The first kappa shape index (κ1) is 17.6. The number of aromatic nitrogens is 4. The highest BCUT2D eigenvalue weighted by atomic mass is 32.2. The monoisotopic (exact) mass is 393 g/mol. The van der Waals surface area contributed by atoms with E-state index in [9.17, 15) is 10.1 Å². The number of rotatable bonds is 5. The highest BCUT2D eigenvalue weighted by molar-refractivity contribution is 7.99. The Hall–Kier alpha value is -2.76. The molecule has 0 unspecified atom stereocenters. The summed E-state index contributed by atoms with van der Waals surface area (Å²) in [5.41, 5.74) is 3.69. The first-order chi connectivity index (χ1) is 13.1. The van der Waals surface area contributed by atoms with Gasteiger partial charge in [-0.1, -0.05) is 30.0 Å². The van der Waals surface area contributed by atoms with Crippen molar-refractivity contribution < 1.29 is 4.79 Å². The number of fused-ring (bicyclic) bond motifs is 3. The second-order valence-corrected chi connectivity index (χ2v) is 8.00. The van der Waals surface area contributed by atoms with Gasteiger partial charge >= 0.3 is 0 Å². The molecule has 27 heavy (non-hydrogen) atoms. The van der Waals surface area contributed by atoms with Gasteiger partial charge in [-0.25, -0.2) is 4.98 Å². The number of carbonyl (C=O) groups is 1. The molecule has 8 heteroatoms. The number of thiazole rings is 1. The maximum atomic E-state index is 12.6. The lowest BCUT2D eigenvalue weighted by molar-refractivity contribution is -0.116. The van der Waals surface area contributed by atoms with Crippen LogP contribution in [-0.4, -0.2) is 31.1 Å². The molecular formula is C19H15N5OS2. The molecule has 4 aromatic rings. The first-order valence-electron chi connectivity index (χ1n) is 8.29. The van der Waals surface area contributed by atoms with E-state index in [2.05, 4.69) is 27.3 Å². The van der Waals surface area contributed by atoms with Crippen LogP contribution in [0.5, 0.6) is 0 Å². The van der Waals surface area contributed by atoms with Gasteiger partial charge in [0.2, 0.25) is 0 Å².